The van der Waals surface area contributed by atoms with Gasteiger partial charge in [0.1, 0.15) is 5.75 Å². The van der Waals surface area contributed by atoms with Crippen LogP contribution in [0, 0.1) is 0 Å². The number of rotatable bonds is 6. The van der Waals surface area contributed by atoms with Gasteiger partial charge in [0.15, 0.2) is 5.82 Å². The minimum Gasteiger partial charge on any atom is -0.496 e. The van der Waals surface area contributed by atoms with E-state index in [0.717, 1.165) is 43.1 Å². The highest BCUT2D eigenvalue weighted by atomic mass is 16.5. The second-order valence-corrected chi connectivity index (χ2v) is 6.19. The maximum absolute atomic E-state index is 6.10. The Balaban J connectivity index is 1.49. The lowest BCUT2D eigenvalue weighted by Crippen LogP contribution is -2.39. The highest BCUT2D eigenvalue weighted by molar-refractivity contribution is 5.32. The fraction of sp³-hybridized carbons (Fsp3) is 0.588. The number of para-hydroxylation sites is 1. The van der Waals surface area contributed by atoms with Gasteiger partial charge in [-0.25, -0.2) is 4.68 Å². The number of ether oxygens (including phenoxy) is 2. The molecule has 3 rings (SSSR count). The molecule has 1 saturated heterocycles. The molecule has 0 saturated carbocycles. The first kappa shape index (κ1) is 16.9. The van der Waals surface area contributed by atoms with Gasteiger partial charge in [0, 0.05) is 25.7 Å². The number of likely N-dealkylation sites (tertiary alicyclic amines) is 1. The van der Waals surface area contributed by atoms with E-state index in [1.807, 2.05) is 25.2 Å². The second kappa shape index (κ2) is 7.72. The number of nitrogens with zero attached hydrogens (tertiary/aromatic N) is 5. The van der Waals surface area contributed by atoms with Crippen LogP contribution in [0.25, 0.3) is 0 Å². The average Bonchev–Trinajstić information content (AvgIpc) is 3.06. The Labute approximate surface area is 142 Å². The van der Waals surface area contributed by atoms with E-state index in [9.17, 15) is 0 Å². The number of hydrogen-bond donors (Lipinski definition) is 0. The first-order valence-electron chi connectivity index (χ1n) is 8.39. The third-order valence-corrected chi connectivity index (χ3v) is 4.72. The number of aromatic nitrogens is 4. The standard InChI is InChI=1S/C17H25N5O2/c1-13(17-18-19-20-21(17)2)22-10-8-15(9-11-22)24-12-14-6-4-5-7-16(14)23-3/h4-7,13,15H,8-12H2,1-3H3/t13-/m0/s1. The number of piperidine rings is 1. The number of tetrazole rings is 1. The van der Waals surface area contributed by atoms with Crippen LogP contribution >= 0.6 is 0 Å². The summed E-state index contributed by atoms with van der Waals surface area (Å²) in [6, 6.07) is 8.24. The number of hydrogen-bond acceptors (Lipinski definition) is 6. The molecule has 0 bridgehead atoms. The summed E-state index contributed by atoms with van der Waals surface area (Å²) in [5.41, 5.74) is 1.10. The van der Waals surface area contributed by atoms with Gasteiger partial charge in [-0.1, -0.05) is 18.2 Å². The molecule has 2 aromatic rings. The summed E-state index contributed by atoms with van der Waals surface area (Å²) in [5.74, 6) is 1.79. The zero-order chi connectivity index (χ0) is 16.9. The monoisotopic (exact) mass is 331 g/mol. The summed E-state index contributed by atoms with van der Waals surface area (Å²) >= 11 is 0. The SMILES string of the molecule is COc1ccccc1COC1CCN([C@@H](C)c2nnnn2C)CC1. The van der Waals surface area contributed by atoms with Crippen molar-refractivity contribution in [1.29, 1.82) is 0 Å². The molecule has 0 unspecified atom stereocenters. The van der Waals surface area contributed by atoms with Crippen molar-refractivity contribution < 1.29 is 9.47 Å². The van der Waals surface area contributed by atoms with Crippen molar-refractivity contribution in [3.8, 4) is 5.75 Å². The molecule has 24 heavy (non-hydrogen) atoms. The third-order valence-electron chi connectivity index (χ3n) is 4.72. The van der Waals surface area contributed by atoms with E-state index in [1.54, 1.807) is 11.8 Å². The van der Waals surface area contributed by atoms with Gasteiger partial charge >= 0.3 is 0 Å². The molecule has 0 spiro atoms. The van der Waals surface area contributed by atoms with Crippen molar-refractivity contribution in [2.24, 2.45) is 7.05 Å². The van der Waals surface area contributed by atoms with Crippen LogP contribution in [0.3, 0.4) is 0 Å². The van der Waals surface area contributed by atoms with E-state index in [1.165, 1.54) is 0 Å². The molecule has 2 heterocycles. The van der Waals surface area contributed by atoms with E-state index < -0.39 is 0 Å². The highest BCUT2D eigenvalue weighted by Gasteiger charge is 2.26. The third kappa shape index (κ3) is 3.73. The predicted molar refractivity (Wildman–Crippen MR) is 89.6 cm³/mol. The largest absolute Gasteiger partial charge is 0.496 e. The van der Waals surface area contributed by atoms with E-state index in [-0.39, 0.29) is 12.1 Å². The van der Waals surface area contributed by atoms with E-state index in [0.29, 0.717) is 6.61 Å². The molecule has 1 aromatic carbocycles. The molecule has 0 aliphatic carbocycles. The molecular formula is C17H25N5O2. The number of methoxy groups -OCH3 is 1. The number of aryl methyl sites for hydroxylation is 1. The molecule has 7 heteroatoms. The molecule has 0 N–H and O–H groups in total. The second-order valence-electron chi connectivity index (χ2n) is 6.19. The smallest absolute Gasteiger partial charge is 0.167 e. The van der Waals surface area contributed by atoms with Crippen LogP contribution in [0.5, 0.6) is 5.75 Å². The van der Waals surface area contributed by atoms with Crippen LogP contribution in [0.2, 0.25) is 0 Å². The van der Waals surface area contributed by atoms with Gasteiger partial charge in [-0.05, 0) is 36.3 Å². The van der Waals surface area contributed by atoms with Crippen molar-refractivity contribution in [3.05, 3.63) is 35.7 Å². The Hall–Kier alpha value is -1.99. The summed E-state index contributed by atoms with van der Waals surface area (Å²) in [7, 11) is 3.58. The summed E-state index contributed by atoms with van der Waals surface area (Å²) in [6.07, 6.45) is 2.33. The van der Waals surface area contributed by atoms with Gasteiger partial charge < -0.3 is 9.47 Å². The van der Waals surface area contributed by atoms with Crippen LogP contribution in [0.4, 0.5) is 0 Å². The molecular weight excluding hydrogens is 306 g/mol. The zero-order valence-corrected chi connectivity index (χ0v) is 14.6. The molecule has 1 atom stereocenters. The quantitative estimate of drug-likeness (QED) is 0.806. The molecule has 1 fully saturated rings. The Bertz CT molecular complexity index is 652. The summed E-state index contributed by atoms with van der Waals surface area (Å²) in [4.78, 5) is 2.41. The molecule has 130 valence electrons. The molecule has 1 aromatic heterocycles. The summed E-state index contributed by atoms with van der Waals surface area (Å²) < 4.78 is 13.2. The maximum Gasteiger partial charge on any atom is 0.167 e. The van der Waals surface area contributed by atoms with E-state index >= 15 is 0 Å². The Morgan fingerprint density at radius 3 is 2.67 bits per heavy atom. The van der Waals surface area contributed by atoms with Crippen LogP contribution in [-0.2, 0) is 18.4 Å². The average molecular weight is 331 g/mol. The van der Waals surface area contributed by atoms with Crippen molar-refractivity contribution in [2.45, 2.75) is 38.5 Å². The van der Waals surface area contributed by atoms with Crippen LogP contribution in [0.1, 0.15) is 37.2 Å². The van der Waals surface area contributed by atoms with Crippen molar-refractivity contribution >= 4 is 0 Å². The van der Waals surface area contributed by atoms with Crippen LogP contribution < -0.4 is 4.74 Å². The van der Waals surface area contributed by atoms with Crippen LogP contribution in [-0.4, -0.2) is 51.4 Å². The van der Waals surface area contributed by atoms with E-state index in [4.69, 9.17) is 9.47 Å². The lowest BCUT2D eigenvalue weighted by molar-refractivity contribution is -0.0113. The summed E-state index contributed by atoms with van der Waals surface area (Å²) in [5, 5.41) is 11.8. The van der Waals surface area contributed by atoms with Gasteiger partial charge in [0.25, 0.3) is 0 Å². The van der Waals surface area contributed by atoms with Crippen LogP contribution in [0.15, 0.2) is 24.3 Å². The minimum absolute atomic E-state index is 0.222. The maximum atomic E-state index is 6.10. The Morgan fingerprint density at radius 1 is 1.25 bits per heavy atom. The first-order chi connectivity index (χ1) is 11.7. The van der Waals surface area contributed by atoms with Crippen molar-refractivity contribution in [3.63, 3.8) is 0 Å². The fourth-order valence-electron chi connectivity index (χ4n) is 3.21. The topological polar surface area (TPSA) is 65.3 Å². The molecule has 1 aliphatic heterocycles. The predicted octanol–water partition coefficient (Wildman–Crippen LogP) is 1.96. The van der Waals surface area contributed by atoms with Gasteiger partial charge in [-0.3, -0.25) is 4.90 Å². The minimum atomic E-state index is 0.222. The lowest BCUT2D eigenvalue weighted by atomic mass is 10.1. The molecule has 1 aliphatic rings. The van der Waals surface area contributed by atoms with E-state index in [2.05, 4.69) is 33.4 Å². The molecule has 0 radical (unpaired) electrons. The molecule has 0 amide bonds. The number of benzene rings is 1. The van der Waals surface area contributed by atoms with Crippen molar-refractivity contribution in [2.75, 3.05) is 20.2 Å². The van der Waals surface area contributed by atoms with Gasteiger partial charge in [0.05, 0.1) is 25.9 Å². The fourth-order valence-corrected chi connectivity index (χ4v) is 3.21. The van der Waals surface area contributed by atoms with Crippen molar-refractivity contribution in [1.82, 2.24) is 25.1 Å². The zero-order valence-electron chi connectivity index (χ0n) is 14.6. The Morgan fingerprint density at radius 2 is 2.00 bits per heavy atom. The Kier molecular flexibility index (Phi) is 5.42. The van der Waals surface area contributed by atoms with Gasteiger partial charge in [-0.2, -0.15) is 0 Å². The highest BCUT2D eigenvalue weighted by Crippen LogP contribution is 2.25. The lowest BCUT2D eigenvalue weighted by Gasteiger charge is -2.35. The van der Waals surface area contributed by atoms with Gasteiger partial charge in [-0.15, -0.1) is 5.10 Å². The van der Waals surface area contributed by atoms with Gasteiger partial charge in [0.2, 0.25) is 0 Å². The molecule has 7 nitrogen and oxygen atoms in total. The normalized spacial score (nSPS) is 17.8. The first-order valence-corrected chi connectivity index (χ1v) is 8.39. The summed E-state index contributed by atoms with van der Waals surface area (Å²) in [6.45, 7) is 4.73.